The fourth-order valence-electron chi connectivity index (χ4n) is 3.45. The molecule has 2 aliphatic rings. The summed E-state index contributed by atoms with van der Waals surface area (Å²) in [5.74, 6) is -0.252. The zero-order chi connectivity index (χ0) is 14.2. The van der Waals surface area contributed by atoms with Gasteiger partial charge in [0.15, 0.2) is 0 Å². The molecule has 1 aromatic rings. The molecule has 0 aliphatic heterocycles. The second-order valence-corrected chi connectivity index (χ2v) is 6.12. The van der Waals surface area contributed by atoms with Gasteiger partial charge in [0.1, 0.15) is 5.82 Å². The van der Waals surface area contributed by atoms with Crippen molar-refractivity contribution in [2.75, 3.05) is 0 Å². The van der Waals surface area contributed by atoms with E-state index in [0.29, 0.717) is 0 Å². The Morgan fingerprint density at radius 1 is 1.30 bits per heavy atom. The Balaban J connectivity index is 1.72. The lowest BCUT2D eigenvalue weighted by Crippen LogP contribution is -2.55. The molecule has 3 N–H and O–H groups in total. The van der Waals surface area contributed by atoms with Crippen LogP contribution in [0.2, 0.25) is 0 Å². The highest BCUT2D eigenvalue weighted by Gasteiger charge is 2.37. The molecule has 108 valence electrons. The number of carbonyl (C=O) groups excluding carboxylic acids is 1. The van der Waals surface area contributed by atoms with Gasteiger partial charge in [0, 0.05) is 0 Å². The van der Waals surface area contributed by atoms with E-state index in [1.165, 1.54) is 6.07 Å². The quantitative estimate of drug-likeness (QED) is 0.872. The number of fused-ring (bicyclic) bond motifs is 1. The molecule has 1 atom stereocenters. The molecule has 0 bridgehead atoms. The number of amides is 1. The molecule has 1 aromatic carbocycles. The summed E-state index contributed by atoms with van der Waals surface area (Å²) in [5.41, 5.74) is 7.59. The molecule has 0 spiro atoms. The minimum absolute atomic E-state index is 0.0135. The summed E-state index contributed by atoms with van der Waals surface area (Å²) in [6.07, 6.45) is 6.39. The summed E-state index contributed by atoms with van der Waals surface area (Å²) in [6.45, 7) is 0. The number of nitrogens with two attached hydrogens (primary N) is 1. The lowest BCUT2D eigenvalue weighted by atomic mass is 9.81. The number of rotatable bonds is 2. The number of aryl methyl sites for hydroxylation is 1. The molecule has 3 rings (SSSR count). The number of carbonyl (C=O) groups is 1. The lowest BCUT2D eigenvalue weighted by Gasteiger charge is -2.33. The molecule has 2 aliphatic carbocycles. The Hall–Kier alpha value is -1.42. The van der Waals surface area contributed by atoms with E-state index in [1.807, 2.05) is 0 Å². The zero-order valence-corrected chi connectivity index (χ0v) is 11.6. The Morgan fingerprint density at radius 2 is 2.05 bits per heavy atom. The van der Waals surface area contributed by atoms with E-state index in [9.17, 15) is 9.18 Å². The van der Waals surface area contributed by atoms with Gasteiger partial charge in [0.2, 0.25) is 5.91 Å². The van der Waals surface area contributed by atoms with Crippen molar-refractivity contribution >= 4 is 5.91 Å². The molecule has 1 fully saturated rings. The van der Waals surface area contributed by atoms with E-state index in [0.717, 1.165) is 56.1 Å². The highest BCUT2D eigenvalue weighted by Crippen LogP contribution is 2.33. The standard InChI is InChI=1S/C16H21FN2O/c17-12-5-6-13-11(10-12)4-7-14(13)19-15(20)16(18)8-2-1-3-9-16/h5-6,10,14H,1-4,7-9,18H2,(H,19,20). The average molecular weight is 276 g/mol. The fourth-order valence-corrected chi connectivity index (χ4v) is 3.45. The van der Waals surface area contributed by atoms with Gasteiger partial charge in [-0.1, -0.05) is 25.3 Å². The maximum atomic E-state index is 13.2. The summed E-state index contributed by atoms with van der Waals surface area (Å²) >= 11 is 0. The van der Waals surface area contributed by atoms with E-state index in [1.54, 1.807) is 12.1 Å². The van der Waals surface area contributed by atoms with Crippen LogP contribution in [0.1, 0.15) is 55.7 Å². The molecule has 1 unspecified atom stereocenters. The van der Waals surface area contributed by atoms with Crippen molar-refractivity contribution in [3.8, 4) is 0 Å². The van der Waals surface area contributed by atoms with E-state index < -0.39 is 5.54 Å². The predicted molar refractivity (Wildman–Crippen MR) is 75.6 cm³/mol. The minimum Gasteiger partial charge on any atom is -0.348 e. The van der Waals surface area contributed by atoms with Gasteiger partial charge in [-0.15, -0.1) is 0 Å². The normalized spacial score (nSPS) is 24.2. The van der Waals surface area contributed by atoms with Crippen LogP contribution in [0.3, 0.4) is 0 Å². The summed E-state index contributed by atoms with van der Waals surface area (Å²) in [4.78, 5) is 12.4. The first-order valence-corrected chi connectivity index (χ1v) is 7.47. The Kier molecular flexibility index (Phi) is 3.50. The van der Waals surface area contributed by atoms with Crippen molar-refractivity contribution in [3.63, 3.8) is 0 Å². The number of benzene rings is 1. The van der Waals surface area contributed by atoms with Crippen molar-refractivity contribution in [2.24, 2.45) is 5.73 Å². The van der Waals surface area contributed by atoms with Crippen molar-refractivity contribution in [1.82, 2.24) is 5.32 Å². The second-order valence-electron chi connectivity index (χ2n) is 6.12. The fraction of sp³-hybridized carbons (Fsp3) is 0.562. The third-order valence-corrected chi connectivity index (χ3v) is 4.69. The van der Waals surface area contributed by atoms with Gasteiger partial charge in [-0.2, -0.15) is 0 Å². The van der Waals surface area contributed by atoms with Gasteiger partial charge in [0.25, 0.3) is 0 Å². The second kappa shape index (κ2) is 5.17. The van der Waals surface area contributed by atoms with Gasteiger partial charge in [-0.05, 0) is 48.9 Å². The van der Waals surface area contributed by atoms with Crippen LogP contribution in [-0.2, 0) is 11.2 Å². The van der Waals surface area contributed by atoms with E-state index >= 15 is 0 Å². The van der Waals surface area contributed by atoms with Gasteiger partial charge < -0.3 is 11.1 Å². The highest BCUT2D eigenvalue weighted by molar-refractivity contribution is 5.86. The number of hydrogen-bond donors (Lipinski definition) is 2. The molecular formula is C16H21FN2O. The van der Waals surface area contributed by atoms with Crippen LogP contribution in [0.4, 0.5) is 4.39 Å². The maximum absolute atomic E-state index is 13.2. The van der Waals surface area contributed by atoms with Crippen LogP contribution in [-0.4, -0.2) is 11.4 Å². The van der Waals surface area contributed by atoms with E-state index in [2.05, 4.69) is 5.32 Å². The minimum atomic E-state index is -0.707. The molecule has 20 heavy (non-hydrogen) atoms. The number of nitrogens with one attached hydrogen (secondary N) is 1. The molecule has 3 nitrogen and oxygen atoms in total. The monoisotopic (exact) mass is 276 g/mol. The van der Waals surface area contributed by atoms with Crippen LogP contribution in [0, 0.1) is 5.82 Å². The van der Waals surface area contributed by atoms with Crippen molar-refractivity contribution in [1.29, 1.82) is 0 Å². The molecule has 1 amide bonds. The smallest absolute Gasteiger partial charge is 0.240 e. The average Bonchev–Trinajstić information content (AvgIpc) is 2.82. The van der Waals surface area contributed by atoms with Gasteiger partial charge in [0.05, 0.1) is 11.6 Å². The zero-order valence-electron chi connectivity index (χ0n) is 11.6. The van der Waals surface area contributed by atoms with E-state index in [4.69, 9.17) is 5.73 Å². The number of hydrogen-bond acceptors (Lipinski definition) is 2. The topological polar surface area (TPSA) is 55.1 Å². The molecule has 0 aromatic heterocycles. The largest absolute Gasteiger partial charge is 0.348 e. The molecule has 0 heterocycles. The molecule has 0 saturated heterocycles. The van der Waals surface area contributed by atoms with Crippen molar-refractivity contribution in [3.05, 3.63) is 35.1 Å². The Morgan fingerprint density at radius 3 is 2.80 bits per heavy atom. The van der Waals surface area contributed by atoms with Crippen LogP contribution >= 0.6 is 0 Å². The first-order chi connectivity index (χ1) is 9.58. The predicted octanol–water partition coefficient (Wildman–Crippen LogP) is 2.59. The molecule has 4 heteroatoms. The van der Waals surface area contributed by atoms with Gasteiger partial charge in [-0.3, -0.25) is 4.79 Å². The third kappa shape index (κ3) is 2.44. The van der Waals surface area contributed by atoms with Gasteiger partial charge in [-0.25, -0.2) is 4.39 Å². The molecule has 1 saturated carbocycles. The van der Waals surface area contributed by atoms with Crippen LogP contribution in [0.5, 0.6) is 0 Å². The summed E-state index contributed by atoms with van der Waals surface area (Å²) < 4.78 is 13.2. The van der Waals surface area contributed by atoms with Crippen LogP contribution < -0.4 is 11.1 Å². The van der Waals surface area contributed by atoms with Gasteiger partial charge >= 0.3 is 0 Å². The maximum Gasteiger partial charge on any atom is 0.240 e. The molecule has 0 radical (unpaired) electrons. The van der Waals surface area contributed by atoms with Crippen LogP contribution in [0.25, 0.3) is 0 Å². The Bertz CT molecular complexity index is 523. The summed E-state index contributed by atoms with van der Waals surface area (Å²) in [7, 11) is 0. The number of halogens is 1. The van der Waals surface area contributed by atoms with Crippen molar-refractivity contribution < 1.29 is 9.18 Å². The lowest BCUT2D eigenvalue weighted by molar-refractivity contribution is -0.128. The van der Waals surface area contributed by atoms with E-state index in [-0.39, 0.29) is 17.8 Å². The van der Waals surface area contributed by atoms with Crippen molar-refractivity contribution in [2.45, 2.75) is 56.5 Å². The first kappa shape index (κ1) is 13.6. The third-order valence-electron chi connectivity index (χ3n) is 4.69. The SMILES string of the molecule is NC1(C(=O)NC2CCc3cc(F)ccc32)CCCCC1. The summed E-state index contributed by atoms with van der Waals surface area (Å²) in [5, 5.41) is 3.08. The first-order valence-electron chi connectivity index (χ1n) is 7.47. The highest BCUT2D eigenvalue weighted by atomic mass is 19.1. The van der Waals surface area contributed by atoms with Crippen LogP contribution in [0.15, 0.2) is 18.2 Å². The Labute approximate surface area is 118 Å². The molecular weight excluding hydrogens is 255 g/mol. The summed E-state index contributed by atoms with van der Waals surface area (Å²) in [6, 6.07) is 4.80.